The Kier molecular flexibility index (Phi) is 8.23. The van der Waals surface area contributed by atoms with Gasteiger partial charge in [-0.15, -0.1) is 0 Å². The highest BCUT2D eigenvalue weighted by Crippen LogP contribution is 2.66. The Bertz CT molecular complexity index is 926. The normalized spacial score (nSPS) is 36.7. The molecular weight excluding hydrogens is 468 g/mol. The van der Waals surface area contributed by atoms with Crippen molar-refractivity contribution in [3.05, 3.63) is 11.6 Å². The van der Waals surface area contributed by atoms with Gasteiger partial charge in [-0.05, 0) is 60.8 Å². The second-order valence-electron chi connectivity index (χ2n) is 11.5. The van der Waals surface area contributed by atoms with E-state index in [4.69, 9.17) is 18.9 Å². The second kappa shape index (κ2) is 10.5. The maximum absolute atomic E-state index is 12.4. The summed E-state index contributed by atoms with van der Waals surface area (Å²) in [7, 11) is 0. The van der Waals surface area contributed by atoms with Gasteiger partial charge in [0.1, 0.15) is 25.4 Å². The zero-order chi connectivity index (χ0) is 26.9. The van der Waals surface area contributed by atoms with Gasteiger partial charge in [-0.25, -0.2) is 4.79 Å². The Morgan fingerprint density at radius 2 is 1.78 bits per heavy atom. The molecular formula is C27H40O9. The van der Waals surface area contributed by atoms with Crippen LogP contribution in [0.4, 0.5) is 0 Å². The number of carbonyl (C=O) groups excluding carboxylic acids is 4. The number of cyclic esters (lactones) is 1. The predicted octanol–water partition coefficient (Wildman–Crippen LogP) is 3.12. The lowest BCUT2D eigenvalue weighted by molar-refractivity contribution is -0.215. The number of rotatable bonds is 8. The van der Waals surface area contributed by atoms with E-state index in [2.05, 4.69) is 6.92 Å². The summed E-state index contributed by atoms with van der Waals surface area (Å²) >= 11 is 0. The van der Waals surface area contributed by atoms with Crippen LogP contribution in [0.5, 0.6) is 0 Å². The summed E-state index contributed by atoms with van der Waals surface area (Å²) in [5.41, 5.74) is -1.21. The molecule has 1 heterocycles. The second-order valence-corrected chi connectivity index (χ2v) is 11.5. The number of ether oxygens (including phenoxy) is 4. The third-order valence-corrected chi connectivity index (χ3v) is 9.03. The topological polar surface area (TPSA) is 125 Å². The monoisotopic (exact) mass is 508 g/mol. The van der Waals surface area contributed by atoms with Crippen LogP contribution in [-0.4, -0.2) is 61.0 Å². The molecule has 0 aromatic rings. The summed E-state index contributed by atoms with van der Waals surface area (Å²) in [5, 5.41) is 10.6. The third-order valence-electron chi connectivity index (χ3n) is 9.03. The zero-order valence-electron chi connectivity index (χ0n) is 22.3. The number of aliphatic hydroxyl groups is 1. The van der Waals surface area contributed by atoms with Crippen molar-refractivity contribution in [2.75, 3.05) is 19.8 Å². The SMILES string of the molecule is CC(=O)OC[C@]1(C)[C@@H]2CC[C@@](C)(CO)[C@@H](CC(OC(C)=O)C3=CCOC3=O)[C@@]2(C)CC[C@@H]1OC(C)=O. The van der Waals surface area contributed by atoms with E-state index < -0.39 is 40.9 Å². The van der Waals surface area contributed by atoms with Crippen molar-refractivity contribution in [1.29, 1.82) is 0 Å². The maximum atomic E-state index is 12.4. The first-order valence-corrected chi connectivity index (χ1v) is 12.7. The van der Waals surface area contributed by atoms with Crippen molar-refractivity contribution in [3.8, 4) is 0 Å². The zero-order valence-corrected chi connectivity index (χ0v) is 22.3. The molecule has 3 aliphatic rings. The smallest absolute Gasteiger partial charge is 0.337 e. The van der Waals surface area contributed by atoms with Crippen molar-refractivity contribution in [1.82, 2.24) is 0 Å². The minimum absolute atomic E-state index is 0.0189. The molecule has 9 heteroatoms. The van der Waals surface area contributed by atoms with Crippen LogP contribution >= 0.6 is 0 Å². The van der Waals surface area contributed by atoms with Gasteiger partial charge in [0.15, 0.2) is 0 Å². The Labute approximate surface area is 212 Å². The molecule has 0 saturated heterocycles. The molecule has 9 nitrogen and oxygen atoms in total. The highest BCUT2D eigenvalue weighted by molar-refractivity contribution is 5.92. The van der Waals surface area contributed by atoms with Gasteiger partial charge >= 0.3 is 23.9 Å². The van der Waals surface area contributed by atoms with E-state index in [9.17, 15) is 24.3 Å². The molecule has 202 valence electrons. The molecule has 0 amide bonds. The van der Waals surface area contributed by atoms with E-state index in [0.717, 1.165) is 6.42 Å². The first-order valence-electron chi connectivity index (χ1n) is 12.7. The molecule has 0 spiro atoms. The molecule has 1 aliphatic heterocycles. The van der Waals surface area contributed by atoms with Crippen molar-refractivity contribution < 1.29 is 43.2 Å². The lowest BCUT2D eigenvalue weighted by atomic mass is 9.42. The predicted molar refractivity (Wildman–Crippen MR) is 128 cm³/mol. The summed E-state index contributed by atoms with van der Waals surface area (Å²) in [6.07, 6.45) is 3.44. The molecule has 0 aromatic carbocycles. The summed E-state index contributed by atoms with van der Waals surface area (Å²) in [6.45, 7) is 10.4. The fraction of sp³-hybridized carbons (Fsp3) is 0.778. The van der Waals surface area contributed by atoms with E-state index in [0.29, 0.717) is 31.3 Å². The quantitative estimate of drug-likeness (QED) is 0.389. The first kappa shape index (κ1) is 28.2. The largest absolute Gasteiger partial charge is 0.465 e. The lowest BCUT2D eigenvalue weighted by Gasteiger charge is -2.64. The van der Waals surface area contributed by atoms with Crippen molar-refractivity contribution >= 4 is 23.9 Å². The molecule has 1 unspecified atom stereocenters. The number of esters is 4. The van der Waals surface area contributed by atoms with Crippen LogP contribution in [0.15, 0.2) is 11.6 Å². The third kappa shape index (κ3) is 5.31. The van der Waals surface area contributed by atoms with E-state index in [1.165, 1.54) is 20.8 Å². The van der Waals surface area contributed by atoms with Crippen LogP contribution in [0.25, 0.3) is 0 Å². The number of aliphatic hydroxyl groups excluding tert-OH is 1. The summed E-state index contributed by atoms with van der Waals surface area (Å²) in [4.78, 5) is 48.1. The van der Waals surface area contributed by atoms with Gasteiger partial charge in [-0.1, -0.05) is 20.8 Å². The molecule has 2 fully saturated rings. The summed E-state index contributed by atoms with van der Waals surface area (Å²) < 4.78 is 22.0. The van der Waals surface area contributed by atoms with Crippen LogP contribution in [0, 0.1) is 28.1 Å². The van der Waals surface area contributed by atoms with E-state index >= 15 is 0 Å². The minimum atomic E-state index is -0.796. The van der Waals surface area contributed by atoms with Gasteiger partial charge in [0.25, 0.3) is 0 Å². The van der Waals surface area contributed by atoms with Crippen LogP contribution < -0.4 is 0 Å². The maximum Gasteiger partial charge on any atom is 0.337 e. The molecule has 1 N–H and O–H groups in total. The molecule has 3 rings (SSSR count). The van der Waals surface area contributed by atoms with Gasteiger partial charge < -0.3 is 24.1 Å². The highest BCUT2D eigenvalue weighted by Gasteiger charge is 2.63. The average Bonchev–Trinajstić information content (AvgIpc) is 3.21. The molecule has 2 aliphatic carbocycles. The molecule has 36 heavy (non-hydrogen) atoms. The fourth-order valence-corrected chi connectivity index (χ4v) is 7.32. The summed E-state index contributed by atoms with van der Waals surface area (Å²) in [6, 6.07) is 0. The first-order chi connectivity index (χ1) is 16.8. The highest BCUT2D eigenvalue weighted by atomic mass is 16.6. The molecule has 0 radical (unpaired) electrons. The van der Waals surface area contributed by atoms with Crippen LogP contribution in [-0.2, 0) is 38.1 Å². The van der Waals surface area contributed by atoms with Gasteiger partial charge in [0.2, 0.25) is 0 Å². The Balaban J connectivity index is 2.04. The average molecular weight is 509 g/mol. The van der Waals surface area contributed by atoms with Gasteiger partial charge in [0, 0.05) is 32.8 Å². The fourth-order valence-electron chi connectivity index (χ4n) is 7.32. The van der Waals surface area contributed by atoms with Crippen molar-refractivity contribution in [2.24, 2.45) is 28.1 Å². The Hall–Kier alpha value is -2.42. The Morgan fingerprint density at radius 1 is 1.08 bits per heavy atom. The number of hydrogen-bond donors (Lipinski definition) is 1. The van der Waals surface area contributed by atoms with E-state index in [1.807, 2.05) is 13.8 Å². The lowest BCUT2D eigenvalue weighted by Crippen LogP contribution is -2.62. The summed E-state index contributed by atoms with van der Waals surface area (Å²) in [5.74, 6) is -1.95. The van der Waals surface area contributed by atoms with Crippen LogP contribution in [0.1, 0.15) is 73.6 Å². The number of hydrogen-bond acceptors (Lipinski definition) is 9. The van der Waals surface area contributed by atoms with Gasteiger partial charge in [-0.3, -0.25) is 14.4 Å². The van der Waals surface area contributed by atoms with Crippen LogP contribution in [0.2, 0.25) is 0 Å². The van der Waals surface area contributed by atoms with E-state index in [-0.39, 0.29) is 43.0 Å². The number of carbonyl (C=O) groups is 4. The minimum Gasteiger partial charge on any atom is -0.465 e. The Morgan fingerprint density at radius 3 is 2.31 bits per heavy atom. The standard InChI is InChI=1S/C27H40O9/c1-16(29)34-15-27(6)21-7-10-25(4,14-28)22(26(21,5)11-8-23(27)36-18(3)31)13-20(35-17(2)30)19-9-12-33-24(19)32/h9,20-23,28H,7-8,10-15H2,1-6H3/t20?,21-,22-,23+,25+,26+,27-/m1/s1. The molecule has 0 bridgehead atoms. The van der Waals surface area contributed by atoms with Crippen LogP contribution in [0.3, 0.4) is 0 Å². The van der Waals surface area contributed by atoms with E-state index in [1.54, 1.807) is 6.08 Å². The van der Waals surface area contributed by atoms with Gasteiger partial charge in [0.05, 0.1) is 5.57 Å². The molecule has 7 atom stereocenters. The molecule has 0 aromatic heterocycles. The van der Waals surface area contributed by atoms with Crippen molar-refractivity contribution in [2.45, 2.75) is 85.9 Å². The van der Waals surface area contributed by atoms with Crippen molar-refractivity contribution in [3.63, 3.8) is 0 Å². The van der Waals surface area contributed by atoms with Gasteiger partial charge in [-0.2, -0.15) is 0 Å². The number of fused-ring (bicyclic) bond motifs is 1. The molecule has 2 saturated carbocycles.